The summed E-state index contributed by atoms with van der Waals surface area (Å²) in [6, 6.07) is 11.6. The first kappa shape index (κ1) is 20.5. The zero-order valence-electron chi connectivity index (χ0n) is 13.1. The molecule has 0 aliphatic carbocycles. The number of rotatable bonds is 4. The Morgan fingerprint density at radius 2 is 1.58 bits per heavy atom. The Kier molecular flexibility index (Phi) is 9.47. The summed E-state index contributed by atoms with van der Waals surface area (Å²) >= 11 is -0.931. The van der Waals surface area contributed by atoms with Crippen molar-refractivity contribution in [2.45, 2.75) is 6.92 Å². The van der Waals surface area contributed by atoms with E-state index in [9.17, 15) is 15.0 Å². The van der Waals surface area contributed by atoms with Gasteiger partial charge in [-0.05, 0) is 42.3 Å². The van der Waals surface area contributed by atoms with Crippen molar-refractivity contribution < 1.29 is 34.9 Å². The van der Waals surface area contributed by atoms with Crippen molar-refractivity contribution in [3.63, 3.8) is 0 Å². The van der Waals surface area contributed by atoms with Gasteiger partial charge in [-0.1, -0.05) is 30.4 Å². The summed E-state index contributed by atoms with van der Waals surface area (Å²) in [4.78, 5) is 11.5. The van der Waals surface area contributed by atoms with Gasteiger partial charge in [-0.2, -0.15) is 0 Å². The molecule has 0 atom stereocenters. The van der Waals surface area contributed by atoms with Crippen LogP contribution in [0.1, 0.15) is 28.4 Å². The number of aromatic hydroxyl groups is 2. The van der Waals surface area contributed by atoms with E-state index in [1.165, 1.54) is 12.1 Å². The molecule has 0 saturated carbocycles. The van der Waals surface area contributed by atoms with E-state index in [2.05, 4.69) is 0 Å². The molecule has 2 N–H and O–H groups in total. The van der Waals surface area contributed by atoms with Gasteiger partial charge in [0.15, 0.2) is 11.5 Å². The van der Waals surface area contributed by atoms with Crippen LogP contribution in [0.2, 0.25) is 0 Å². The third kappa shape index (κ3) is 6.92. The van der Waals surface area contributed by atoms with Crippen LogP contribution in [0.3, 0.4) is 0 Å². The van der Waals surface area contributed by atoms with Crippen molar-refractivity contribution in [1.29, 1.82) is 0 Å². The first-order valence-electron chi connectivity index (χ1n) is 7.11. The molecule has 4 nitrogen and oxygen atoms in total. The number of halogens is 2. The van der Waals surface area contributed by atoms with E-state index in [0.29, 0.717) is 12.2 Å². The van der Waals surface area contributed by atoms with Crippen molar-refractivity contribution in [3.05, 3.63) is 59.2 Å². The molecule has 0 amide bonds. The average Bonchev–Trinajstić information content (AvgIpc) is 2.57. The van der Waals surface area contributed by atoms with Gasteiger partial charge in [-0.25, -0.2) is 4.79 Å². The maximum absolute atomic E-state index is 11.5. The Bertz CT molecular complexity index is 687. The molecule has 0 aliphatic rings. The fourth-order valence-corrected chi connectivity index (χ4v) is 1.78. The van der Waals surface area contributed by atoms with Crippen molar-refractivity contribution in [1.82, 2.24) is 0 Å². The third-order valence-electron chi connectivity index (χ3n) is 2.89. The first-order valence-corrected chi connectivity index (χ1v) is 14.9. The van der Waals surface area contributed by atoms with Crippen molar-refractivity contribution in [3.8, 4) is 11.5 Å². The van der Waals surface area contributed by atoms with Crippen molar-refractivity contribution >= 4 is 37.5 Å². The van der Waals surface area contributed by atoms with Crippen LogP contribution in [-0.4, -0.2) is 22.8 Å². The predicted octanol–water partition coefficient (Wildman–Crippen LogP) is 4.82. The molecule has 0 saturated heterocycles. The Morgan fingerprint density at radius 3 is 2.12 bits per heavy atom. The number of carbonyl (C=O) groups is 1. The number of benzene rings is 2. The first-order chi connectivity index (χ1) is 11.5. The zero-order valence-corrected chi connectivity index (χ0v) is 17.6. The minimum absolute atomic E-state index is 0.147. The summed E-state index contributed by atoms with van der Waals surface area (Å²) in [5.41, 5.74) is 2.19. The second-order valence-corrected chi connectivity index (χ2v) is 9.15. The molecule has 124 valence electrons. The van der Waals surface area contributed by atoms with Gasteiger partial charge in [0.05, 0.1) is 12.2 Å². The van der Waals surface area contributed by atoms with Gasteiger partial charge in [0.1, 0.15) is 0 Å². The summed E-state index contributed by atoms with van der Waals surface area (Å²) in [6.07, 6.45) is 3.65. The molecule has 0 unspecified atom stereocenters. The Hall–Kier alpha value is -1.55. The summed E-state index contributed by atoms with van der Waals surface area (Å²) in [7, 11) is 9.90. The minimum atomic E-state index is -0.931. The van der Waals surface area contributed by atoms with E-state index >= 15 is 0 Å². The van der Waals surface area contributed by atoms with E-state index < -0.39 is 15.1 Å². The van der Waals surface area contributed by atoms with Gasteiger partial charge in [0, 0.05) is 0 Å². The van der Waals surface area contributed by atoms with Crippen LogP contribution < -0.4 is 0 Å². The molecule has 0 bridgehead atoms. The van der Waals surface area contributed by atoms with Gasteiger partial charge in [0.25, 0.3) is 0 Å². The number of esters is 1. The van der Waals surface area contributed by atoms with E-state index in [1.807, 2.05) is 18.2 Å². The number of hydrogen-bond donors (Lipinski definition) is 2. The molecule has 2 rings (SSSR count). The van der Waals surface area contributed by atoms with Gasteiger partial charge >= 0.3 is 40.5 Å². The molecule has 0 spiro atoms. The molecule has 0 radical (unpaired) electrons. The summed E-state index contributed by atoms with van der Waals surface area (Å²) < 4.78 is 4.91. The Balaban J connectivity index is 0.000000891. The molecule has 0 fully saturated rings. The van der Waals surface area contributed by atoms with Gasteiger partial charge in [0.2, 0.25) is 0 Å². The fourth-order valence-electron chi connectivity index (χ4n) is 1.78. The summed E-state index contributed by atoms with van der Waals surface area (Å²) in [5, 5.41) is 18.6. The molecule has 24 heavy (non-hydrogen) atoms. The van der Waals surface area contributed by atoms with Crippen LogP contribution in [0.15, 0.2) is 42.5 Å². The number of ether oxygens (including phenoxy) is 1. The number of carbonyl (C=O) groups excluding carboxylic acids is 1. The van der Waals surface area contributed by atoms with Crippen LogP contribution in [0.25, 0.3) is 12.2 Å². The van der Waals surface area contributed by atoms with Gasteiger partial charge in [-0.3, -0.25) is 0 Å². The number of phenols is 2. The van der Waals surface area contributed by atoms with E-state index in [0.717, 1.165) is 11.1 Å². The van der Waals surface area contributed by atoms with Crippen molar-refractivity contribution in [2.75, 3.05) is 6.61 Å². The zero-order chi connectivity index (χ0) is 17.9. The summed E-state index contributed by atoms with van der Waals surface area (Å²) in [5.74, 6) is -0.641. The molecule has 7 heteroatoms. The van der Waals surface area contributed by atoms with E-state index in [-0.39, 0.29) is 17.5 Å². The molecule has 2 aromatic carbocycles. The fraction of sp³-hybridized carbons (Fsp3) is 0.118. The SMILES string of the molecule is CCOC(=O)c1ccc(/C=C/c2ccc(O)c(O)c2)cc1.[Cl][Zn][Cl]. The molecular formula is C17H16Cl2O4Zn. The molecule has 0 aromatic heterocycles. The Labute approximate surface area is 156 Å². The van der Waals surface area contributed by atoms with E-state index in [4.69, 9.17) is 24.1 Å². The summed E-state index contributed by atoms with van der Waals surface area (Å²) in [6.45, 7) is 2.12. The van der Waals surface area contributed by atoms with Gasteiger partial charge in [-0.15, -0.1) is 0 Å². The second kappa shape index (κ2) is 11.1. The third-order valence-corrected chi connectivity index (χ3v) is 2.89. The normalized spacial score (nSPS) is 9.79. The molecule has 0 aliphatic heterocycles. The monoisotopic (exact) mass is 418 g/mol. The maximum atomic E-state index is 11.5. The Morgan fingerprint density at radius 1 is 1.04 bits per heavy atom. The average molecular weight is 421 g/mol. The second-order valence-electron chi connectivity index (χ2n) is 4.52. The number of hydrogen-bond acceptors (Lipinski definition) is 4. The molecule has 0 heterocycles. The standard InChI is InChI=1S/C17H16O4.2ClH.Zn/c1-2-21-17(20)14-8-5-12(6-9-14)3-4-13-7-10-15(18)16(19)11-13;;;/h3-11,18-19H,2H2,1H3;2*1H;/q;;;+2/p-2/b4-3+;;;. The van der Waals surface area contributed by atoms with Gasteiger partial charge < -0.3 is 14.9 Å². The van der Waals surface area contributed by atoms with Crippen LogP contribution >= 0.6 is 19.4 Å². The van der Waals surface area contributed by atoms with Crippen LogP contribution in [-0.2, 0) is 19.9 Å². The topological polar surface area (TPSA) is 66.8 Å². The molecule has 2 aromatic rings. The molecular weight excluding hydrogens is 404 g/mol. The van der Waals surface area contributed by atoms with E-state index in [1.54, 1.807) is 31.2 Å². The van der Waals surface area contributed by atoms with Crippen LogP contribution in [0, 0.1) is 0 Å². The predicted molar refractivity (Wildman–Crippen MR) is 92.8 cm³/mol. The quantitative estimate of drug-likeness (QED) is 0.322. The van der Waals surface area contributed by atoms with Crippen LogP contribution in [0.5, 0.6) is 11.5 Å². The van der Waals surface area contributed by atoms with Crippen LogP contribution in [0.4, 0.5) is 0 Å². The van der Waals surface area contributed by atoms with Crippen molar-refractivity contribution in [2.24, 2.45) is 0 Å². The number of phenolic OH excluding ortho intramolecular Hbond substituents is 2.